The van der Waals surface area contributed by atoms with E-state index in [-0.39, 0.29) is 24.0 Å². The summed E-state index contributed by atoms with van der Waals surface area (Å²) in [6.07, 6.45) is 6.11. The van der Waals surface area contributed by atoms with Crippen molar-refractivity contribution >= 4 is 16.9 Å². The molecule has 16 heavy (non-hydrogen) atoms. The Kier molecular flexibility index (Phi) is 8.28. The van der Waals surface area contributed by atoms with Crippen molar-refractivity contribution in [2.45, 2.75) is 32.1 Å². The molecule has 2 nitrogen and oxygen atoms in total. The molecule has 0 amide bonds. The molecule has 0 aromatic rings. The number of nitrogens with zero attached hydrogens (tertiary/aromatic N) is 1. The van der Waals surface area contributed by atoms with Gasteiger partial charge < -0.3 is 28.5 Å². The van der Waals surface area contributed by atoms with Gasteiger partial charge in [0.2, 0.25) is 0 Å². The first kappa shape index (κ1) is 16.7. The lowest BCUT2D eigenvalue weighted by Crippen LogP contribution is -3.00. The second kappa shape index (κ2) is 7.93. The van der Waals surface area contributed by atoms with Gasteiger partial charge in [0.15, 0.2) is 5.12 Å². The minimum absolute atomic E-state index is 0. The highest BCUT2D eigenvalue weighted by molar-refractivity contribution is 8.13. The van der Waals surface area contributed by atoms with Crippen LogP contribution in [0.15, 0.2) is 0 Å². The van der Waals surface area contributed by atoms with Crippen LogP contribution in [-0.2, 0) is 4.79 Å². The average molecular weight is 357 g/mol. The number of hydrogen-bond acceptors (Lipinski definition) is 2. The molecule has 96 valence electrons. The molecule has 1 rings (SSSR count). The topological polar surface area (TPSA) is 17.1 Å². The Hall–Kier alpha value is 0.710. The molecule has 0 aromatic heterocycles. The minimum Gasteiger partial charge on any atom is -1.00 e. The first-order valence-corrected chi connectivity index (χ1v) is 6.95. The number of thioether (sulfide) groups is 1. The largest absolute Gasteiger partial charge is 1.00 e. The van der Waals surface area contributed by atoms with E-state index in [2.05, 4.69) is 21.1 Å². The Labute approximate surface area is 121 Å². The summed E-state index contributed by atoms with van der Waals surface area (Å²) >= 11 is 1.56. The van der Waals surface area contributed by atoms with Crippen LogP contribution < -0.4 is 24.0 Å². The zero-order valence-corrected chi connectivity index (χ0v) is 13.6. The van der Waals surface area contributed by atoms with Crippen molar-refractivity contribution in [3.05, 3.63) is 0 Å². The Morgan fingerprint density at radius 2 is 1.75 bits per heavy atom. The van der Waals surface area contributed by atoms with Gasteiger partial charge in [0, 0.05) is 5.92 Å². The zero-order chi connectivity index (χ0) is 11.3. The van der Waals surface area contributed by atoms with E-state index in [0.29, 0.717) is 11.0 Å². The summed E-state index contributed by atoms with van der Waals surface area (Å²) in [4.78, 5) is 11.8. The first-order chi connectivity index (χ1) is 6.99. The lowest BCUT2D eigenvalue weighted by Gasteiger charge is -2.24. The van der Waals surface area contributed by atoms with E-state index in [1.165, 1.54) is 19.3 Å². The van der Waals surface area contributed by atoms with E-state index in [1.54, 1.807) is 11.8 Å². The van der Waals surface area contributed by atoms with Crippen molar-refractivity contribution in [1.82, 2.24) is 0 Å². The fourth-order valence-corrected chi connectivity index (χ4v) is 3.19. The third-order valence-corrected chi connectivity index (χ3v) is 3.95. The molecular formula is C12H24INOS. The van der Waals surface area contributed by atoms with Crippen LogP contribution in [0.3, 0.4) is 0 Å². The van der Waals surface area contributed by atoms with E-state index in [1.807, 2.05) is 0 Å². The van der Waals surface area contributed by atoms with Gasteiger partial charge in [0.1, 0.15) is 0 Å². The molecule has 0 unspecified atom stereocenters. The second-order valence-electron chi connectivity index (χ2n) is 5.52. The van der Waals surface area contributed by atoms with Gasteiger partial charge in [-0.1, -0.05) is 31.0 Å². The van der Waals surface area contributed by atoms with Crippen molar-refractivity contribution in [2.75, 3.05) is 33.4 Å². The van der Waals surface area contributed by atoms with Gasteiger partial charge in [0.05, 0.1) is 33.4 Å². The van der Waals surface area contributed by atoms with Crippen molar-refractivity contribution in [3.63, 3.8) is 0 Å². The molecule has 1 saturated carbocycles. The minimum atomic E-state index is 0. The second-order valence-corrected chi connectivity index (χ2v) is 6.62. The fourth-order valence-electron chi connectivity index (χ4n) is 1.88. The first-order valence-electron chi connectivity index (χ1n) is 5.96. The molecule has 0 bridgehead atoms. The van der Waals surface area contributed by atoms with E-state index in [4.69, 9.17) is 0 Å². The van der Waals surface area contributed by atoms with Crippen LogP contribution in [0.5, 0.6) is 0 Å². The normalized spacial score (nSPS) is 17.9. The number of rotatable bonds is 4. The molecule has 1 aliphatic rings. The fraction of sp³-hybridized carbons (Fsp3) is 0.917. The standard InChI is InChI=1S/C12H24NOS.HI/c1-13(2,3)9-10-15-12(14)11-7-5-4-6-8-11;/h11H,4-10H2,1-3H3;1H/q+1;/p-1. The van der Waals surface area contributed by atoms with Gasteiger partial charge in [0.25, 0.3) is 0 Å². The van der Waals surface area contributed by atoms with E-state index in [0.717, 1.165) is 29.6 Å². The molecule has 0 heterocycles. The Morgan fingerprint density at radius 3 is 2.25 bits per heavy atom. The van der Waals surface area contributed by atoms with Crippen LogP contribution in [0, 0.1) is 5.92 Å². The lowest BCUT2D eigenvalue weighted by molar-refractivity contribution is -0.867. The quantitative estimate of drug-likeness (QED) is 0.500. The van der Waals surface area contributed by atoms with Crippen LogP contribution in [0.2, 0.25) is 0 Å². The molecule has 0 aromatic carbocycles. The van der Waals surface area contributed by atoms with Crippen molar-refractivity contribution in [3.8, 4) is 0 Å². The molecule has 0 aliphatic heterocycles. The third kappa shape index (κ3) is 7.12. The van der Waals surface area contributed by atoms with Crippen molar-refractivity contribution < 1.29 is 33.3 Å². The highest BCUT2D eigenvalue weighted by atomic mass is 127. The number of hydrogen-bond donors (Lipinski definition) is 0. The summed E-state index contributed by atoms with van der Waals surface area (Å²) in [6.45, 7) is 1.07. The Morgan fingerprint density at radius 1 is 1.19 bits per heavy atom. The highest BCUT2D eigenvalue weighted by Gasteiger charge is 2.21. The van der Waals surface area contributed by atoms with Crippen molar-refractivity contribution in [2.24, 2.45) is 5.92 Å². The Balaban J connectivity index is 0.00000225. The van der Waals surface area contributed by atoms with Gasteiger partial charge in [-0.2, -0.15) is 0 Å². The lowest BCUT2D eigenvalue weighted by atomic mass is 9.90. The molecule has 4 heteroatoms. The highest BCUT2D eigenvalue weighted by Crippen LogP contribution is 2.27. The summed E-state index contributed by atoms with van der Waals surface area (Å²) in [5, 5.41) is 0.447. The van der Waals surface area contributed by atoms with Gasteiger partial charge in [-0.15, -0.1) is 0 Å². The smallest absolute Gasteiger partial charge is 0.192 e. The van der Waals surface area contributed by atoms with E-state index < -0.39 is 0 Å². The maximum atomic E-state index is 11.8. The summed E-state index contributed by atoms with van der Waals surface area (Å²) in [7, 11) is 6.52. The van der Waals surface area contributed by atoms with Crippen LogP contribution in [0.4, 0.5) is 0 Å². The summed E-state index contributed by atoms with van der Waals surface area (Å²) in [6, 6.07) is 0. The van der Waals surface area contributed by atoms with Gasteiger partial charge >= 0.3 is 0 Å². The van der Waals surface area contributed by atoms with Crippen LogP contribution in [0.1, 0.15) is 32.1 Å². The summed E-state index contributed by atoms with van der Waals surface area (Å²) < 4.78 is 0.949. The molecule has 0 N–H and O–H groups in total. The maximum Gasteiger partial charge on any atom is 0.192 e. The number of halogens is 1. The SMILES string of the molecule is C[N+](C)(C)CCSC(=O)C1CCCCC1.[I-]. The van der Waals surface area contributed by atoms with Crippen molar-refractivity contribution in [1.29, 1.82) is 0 Å². The predicted octanol–water partition coefficient (Wildman–Crippen LogP) is -0.463. The van der Waals surface area contributed by atoms with Crippen LogP contribution >= 0.6 is 11.8 Å². The molecule has 0 radical (unpaired) electrons. The maximum absolute atomic E-state index is 11.8. The zero-order valence-electron chi connectivity index (χ0n) is 10.7. The van der Waals surface area contributed by atoms with E-state index >= 15 is 0 Å². The molecule has 1 aliphatic carbocycles. The predicted molar refractivity (Wildman–Crippen MR) is 66.9 cm³/mol. The van der Waals surface area contributed by atoms with Crippen LogP contribution in [0.25, 0.3) is 0 Å². The average Bonchev–Trinajstić information content (AvgIpc) is 2.17. The van der Waals surface area contributed by atoms with Gasteiger partial charge in [-0.05, 0) is 12.8 Å². The molecule has 0 saturated heterocycles. The van der Waals surface area contributed by atoms with Gasteiger partial charge in [-0.25, -0.2) is 0 Å². The summed E-state index contributed by atoms with van der Waals surface area (Å²) in [5.74, 6) is 1.34. The summed E-state index contributed by atoms with van der Waals surface area (Å²) in [5.41, 5.74) is 0. The number of carbonyl (C=O) groups excluding carboxylic acids is 1. The number of carbonyl (C=O) groups is 1. The third-order valence-electron chi connectivity index (χ3n) is 2.94. The van der Waals surface area contributed by atoms with Crippen LogP contribution in [-0.4, -0.2) is 43.0 Å². The van der Waals surface area contributed by atoms with Gasteiger partial charge in [-0.3, -0.25) is 4.79 Å². The molecule has 1 fully saturated rings. The molecule has 0 spiro atoms. The monoisotopic (exact) mass is 357 g/mol. The number of quaternary nitrogens is 1. The Bertz CT molecular complexity index is 210. The van der Waals surface area contributed by atoms with E-state index in [9.17, 15) is 4.79 Å². The molecule has 0 atom stereocenters. The molecular weight excluding hydrogens is 333 g/mol.